The number of nitrogens with zero attached hydrogens (tertiary/aromatic N) is 1. The predicted octanol–water partition coefficient (Wildman–Crippen LogP) is 3.68. The smallest absolute Gasteiger partial charge is 0.0541 e. The number of rotatable bonds is 4. The van der Waals surface area contributed by atoms with Crippen LogP contribution < -0.4 is 5.32 Å². The van der Waals surface area contributed by atoms with Crippen LogP contribution in [0.5, 0.6) is 0 Å². The molecule has 17 heavy (non-hydrogen) atoms. The van der Waals surface area contributed by atoms with Crippen LogP contribution in [0.3, 0.4) is 0 Å². The highest BCUT2D eigenvalue weighted by molar-refractivity contribution is 6.34. The number of hydrogen-bond acceptors (Lipinski definition) is 2. The molecule has 0 spiro atoms. The average molecular weight is 267 g/mol. The van der Waals surface area contributed by atoms with Crippen molar-refractivity contribution in [2.75, 3.05) is 0 Å². The fourth-order valence-electron chi connectivity index (χ4n) is 1.55. The summed E-state index contributed by atoms with van der Waals surface area (Å²) in [6.07, 6.45) is 1.78. The second-order valence-corrected chi connectivity index (χ2v) is 4.58. The Morgan fingerprint density at radius 3 is 2.41 bits per heavy atom. The third-order valence-corrected chi connectivity index (χ3v) is 2.72. The van der Waals surface area contributed by atoms with Gasteiger partial charge in [0.2, 0.25) is 0 Å². The molecule has 0 aliphatic heterocycles. The average Bonchev–Trinajstić information content (AvgIpc) is 2.29. The first-order chi connectivity index (χ1) is 8.24. The Hall–Kier alpha value is -1.09. The van der Waals surface area contributed by atoms with Crippen LogP contribution in [0.4, 0.5) is 0 Å². The second kappa shape index (κ2) is 6.01. The molecule has 2 aromatic rings. The second-order valence-electron chi connectivity index (χ2n) is 3.70. The van der Waals surface area contributed by atoms with E-state index in [2.05, 4.69) is 10.3 Å². The molecule has 0 saturated heterocycles. The maximum Gasteiger partial charge on any atom is 0.0541 e. The van der Waals surface area contributed by atoms with Crippen LogP contribution in [0.15, 0.2) is 42.6 Å². The van der Waals surface area contributed by atoms with Crippen molar-refractivity contribution in [1.29, 1.82) is 0 Å². The summed E-state index contributed by atoms with van der Waals surface area (Å²) in [5.41, 5.74) is 2.08. The highest BCUT2D eigenvalue weighted by atomic mass is 35.5. The summed E-state index contributed by atoms with van der Waals surface area (Å²) >= 11 is 11.8. The van der Waals surface area contributed by atoms with Gasteiger partial charge in [-0.2, -0.15) is 0 Å². The minimum Gasteiger partial charge on any atom is -0.307 e. The van der Waals surface area contributed by atoms with Crippen molar-refractivity contribution >= 4 is 23.2 Å². The molecular formula is C13H12Cl2N2. The van der Waals surface area contributed by atoms with Gasteiger partial charge in [0.1, 0.15) is 0 Å². The van der Waals surface area contributed by atoms with Gasteiger partial charge in [-0.3, -0.25) is 4.98 Å². The van der Waals surface area contributed by atoms with Gasteiger partial charge in [-0.05, 0) is 35.9 Å². The van der Waals surface area contributed by atoms with Crippen molar-refractivity contribution in [2.45, 2.75) is 13.1 Å². The molecule has 0 fully saturated rings. The van der Waals surface area contributed by atoms with E-state index in [4.69, 9.17) is 23.2 Å². The lowest BCUT2D eigenvalue weighted by molar-refractivity contribution is 0.680. The van der Waals surface area contributed by atoms with E-state index in [-0.39, 0.29) is 0 Å². The van der Waals surface area contributed by atoms with Gasteiger partial charge in [0.25, 0.3) is 0 Å². The highest BCUT2D eigenvalue weighted by Gasteiger charge is 1.98. The summed E-state index contributed by atoms with van der Waals surface area (Å²) in [5.74, 6) is 0. The van der Waals surface area contributed by atoms with Gasteiger partial charge in [-0.15, -0.1) is 0 Å². The van der Waals surface area contributed by atoms with E-state index in [0.29, 0.717) is 10.0 Å². The van der Waals surface area contributed by atoms with Gasteiger partial charge in [-0.25, -0.2) is 0 Å². The van der Waals surface area contributed by atoms with Crippen molar-refractivity contribution in [3.8, 4) is 0 Å². The molecule has 0 aliphatic rings. The van der Waals surface area contributed by atoms with Crippen molar-refractivity contribution < 1.29 is 0 Å². The third-order valence-electron chi connectivity index (χ3n) is 2.28. The Morgan fingerprint density at radius 2 is 1.76 bits per heavy atom. The fourth-order valence-corrected chi connectivity index (χ4v) is 2.12. The van der Waals surface area contributed by atoms with E-state index in [0.717, 1.165) is 24.3 Å². The van der Waals surface area contributed by atoms with Gasteiger partial charge in [-0.1, -0.05) is 29.3 Å². The Kier molecular flexibility index (Phi) is 4.37. The topological polar surface area (TPSA) is 24.9 Å². The van der Waals surface area contributed by atoms with Crippen LogP contribution in [0.1, 0.15) is 11.3 Å². The van der Waals surface area contributed by atoms with Gasteiger partial charge in [0.15, 0.2) is 0 Å². The normalized spacial score (nSPS) is 10.5. The minimum atomic E-state index is 0.659. The number of hydrogen-bond donors (Lipinski definition) is 1. The Balaban J connectivity index is 1.90. The first kappa shape index (κ1) is 12.4. The molecule has 0 bridgehead atoms. The van der Waals surface area contributed by atoms with Crippen LogP contribution in [0.2, 0.25) is 10.0 Å². The van der Waals surface area contributed by atoms with Crippen LogP contribution in [0.25, 0.3) is 0 Å². The lowest BCUT2D eigenvalue weighted by Gasteiger charge is -2.05. The molecule has 4 heteroatoms. The largest absolute Gasteiger partial charge is 0.307 e. The van der Waals surface area contributed by atoms with Crippen molar-refractivity contribution in [3.05, 3.63) is 63.9 Å². The molecule has 1 N–H and O–H groups in total. The molecule has 1 heterocycles. The molecule has 0 saturated carbocycles. The fraction of sp³-hybridized carbons (Fsp3) is 0.154. The molecule has 1 aromatic heterocycles. The quantitative estimate of drug-likeness (QED) is 0.914. The minimum absolute atomic E-state index is 0.659. The summed E-state index contributed by atoms with van der Waals surface area (Å²) < 4.78 is 0. The van der Waals surface area contributed by atoms with Crippen LogP contribution in [-0.2, 0) is 13.1 Å². The molecule has 0 amide bonds. The maximum absolute atomic E-state index is 5.92. The van der Waals surface area contributed by atoms with Gasteiger partial charge < -0.3 is 5.32 Å². The molecular weight excluding hydrogens is 255 g/mol. The van der Waals surface area contributed by atoms with Crippen LogP contribution >= 0.6 is 23.2 Å². The number of pyridine rings is 1. The molecule has 0 aliphatic carbocycles. The van der Waals surface area contributed by atoms with Crippen LogP contribution in [-0.4, -0.2) is 4.98 Å². The van der Waals surface area contributed by atoms with Crippen molar-refractivity contribution in [3.63, 3.8) is 0 Å². The van der Waals surface area contributed by atoms with Gasteiger partial charge in [0, 0.05) is 29.3 Å². The van der Waals surface area contributed by atoms with E-state index < -0.39 is 0 Å². The van der Waals surface area contributed by atoms with E-state index in [1.807, 2.05) is 30.3 Å². The maximum atomic E-state index is 5.92. The summed E-state index contributed by atoms with van der Waals surface area (Å²) in [7, 11) is 0. The number of nitrogens with one attached hydrogen (secondary N) is 1. The van der Waals surface area contributed by atoms with Crippen LogP contribution in [0, 0.1) is 0 Å². The summed E-state index contributed by atoms with van der Waals surface area (Å²) in [6, 6.07) is 11.4. The Morgan fingerprint density at radius 1 is 1.00 bits per heavy atom. The molecule has 88 valence electrons. The number of benzene rings is 1. The molecule has 0 radical (unpaired) electrons. The predicted molar refractivity (Wildman–Crippen MR) is 71.2 cm³/mol. The molecule has 2 nitrogen and oxygen atoms in total. The molecule has 0 unspecified atom stereocenters. The Bertz CT molecular complexity index is 466. The molecule has 1 aromatic carbocycles. The van der Waals surface area contributed by atoms with E-state index in [1.165, 1.54) is 0 Å². The third kappa shape index (κ3) is 4.00. The summed E-state index contributed by atoms with van der Waals surface area (Å²) in [4.78, 5) is 4.23. The zero-order chi connectivity index (χ0) is 12.1. The zero-order valence-electron chi connectivity index (χ0n) is 9.16. The number of aromatic nitrogens is 1. The lowest BCUT2D eigenvalue weighted by Crippen LogP contribution is -2.13. The Labute approximate surface area is 111 Å². The first-order valence-electron chi connectivity index (χ1n) is 5.29. The SMILES string of the molecule is Clc1cc(Cl)cc(CNCc2ccccn2)c1. The van der Waals surface area contributed by atoms with E-state index in [1.54, 1.807) is 12.3 Å². The number of halogens is 2. The standard InChI is InChI=1S/C13H12Cl2N2/c14-11-5-10(6-12(15)7-11)8-16-9-13-3-1-2-4-17-13/h1-7,16H,8-9H2. The van der Waals surface area contributed by atoms with E-state index >= 15 is 0 Å². The van der Waals surface area contributed by atoms with Gasteiger partial charge >= 0.3 is 0 Å². The monoisotopic (exact) mass is 266 g/mol. The summed E-state index contributed by atoms with van der Waals surface area (Å²) in [5, 5.41) is 4.61. The van der Waals surface area contributed by atoms with E-state index in [9.17, 15) is 0 Å². The van der Waals surface area contributed by atoms with Gasteiger partial charge in [0.05, 0.1) is 5.69 Å². The summed E-state index contributed by atoms with van der Waals surface area (Å²) in [6.45, 7) is 1.45. The molecule has 0 atom stereocenters. The zero-order valence-corrected chi connectivity index (χ0v) is 10.7. The highest BCUT2D eigenvalue weighted by Crippen LogP contribution is 2.18. The van der Waals surface area contributed by atoms with Crippen molar-refractivity contribution in [2.24, 2.45) is 0 Å². The molecule has 2 rings (SSSR count). The van der Waals surface area contributed by atoms with Crippen molar-refractivity contribution in [1.82, 2.24) is 10.3 Å². The first-order valence-corrected chi connectivity index (χ1v) is 6.05. The lowest BCUT2D eigenvalue weighted by atomic mass is 10.2.